The first kappa shape index (κ1) is 32.0. The normalized spacial score (nSPS) is 16.1. The third-order valence-electron chi connectivity index (χ3n) is 8.56. The van der Waals surface area contributed by atoms with Crippen LogP contribution in [0.25, 0.3) is 10.9 Å². The number of amides is 3. The molecule has 3 amide bonds. The highest BCUT2D eigenvalue weighted by Crippen LogP contribution is 2.29. The Balaban J connectivity index is 1.33. The molecule has 2 fully saturated rings. The van der Waals surface area contributed by atoms with Crippen molar-refractivity contribution >= 4 is 34.2 Å². The zero-order valence-electron chi connectivity index (χ0n) is 26.5. The van der Waals surface area contributed by atoms with Crippen molar-refractivity contribution in [2.24, 2.45) is 0 Å². The van der Waals surface area contributed by atoms with Gasteiger partial charge in [-0.3, -0.25) is 19.4 Å². The van der Waals surface area contributed by atoms with Gasteiger partial charge in [0.05, 0.1) is 43.8 Å². The summed E-state index contributed by atoms with van der Waals surface area (Å²) in [6.45, 7) is 6.49. The van der Waals surface area contributed by atoms with Gasteiger partial charge in [-0.15, -0.1) is 0 Å². The monoisotopic (exact) mass is 643 g/mol. The Hall–Kier alpha value is -5.01. The summed E-state index contributed by atoms with van der Waals surface area (Å²) in [5.74, 6) is 0.642. The number of hydrogen-bond donors (Lipinski definition) is 1. The van der Waals surface area contributed by atoms with Gasteiger partial charge < -0.3 is 24.7 Å². The Labute approximate surface area is 271 Å². The highest BCUT2D eigenvalue weighted by atomic mass is 19.1. The van der Waals surface area contributed by atoms with Crippen LogP contribution in [0, 0.1) is 5.82 Å². The van der Waals surface area contributed by atoms with Gasteiger partial charge in [0.25, 0.3) is 5.56 Å². The number of para-hydroxylation sites is 1. The Morgan fingerprint density at radius 1 is 0.957 bits per heavy atom. The first-order valence-corrected chi connectivity index (χ1v) is 15.7. The van der Waals surface area contributed by atoms with Crippen LogP contribution >= 0.6 is 0 Å². The van der Waals surface area contributed by atoms with E-state index < -0.39 is 17.9 Å². The molecule has 0 radical (unpaired) electrons. The fourth-order valence-electron chi connectivity index (χ4n) is 5.98. The van der Waals surface area contributed by atoms with E-state index in [-0.39, 0.29) is 11.5 Å². The number of morpholine rings is 1. The number of rotatable bonds is 8. The molecule has 1 aromatic heterocycles. The highest BCUT2D eigenvalue weighted by molar-refractivity contribution is 6.02. The van der Waals surface area contributed by atoms with Crippen molar-refractivity contribution in [3.05, 3.63) is 94.8 Å². The average molecular weight is 644 g/mol. The van der Waals surface area contributed by atoms with Gasteiger partial charge in [0.15, 0.2) is 5.82 Å². The maximum atomic E-state index is 14.2. The Morgan fingerprint density at radius 3 is 2.32 bits per heavy atom. The molecule has 1 N–H and O–H groups in total. The van der Waals surface area contributed by atoms with Crippen LogP contribution in [0.1, 0.15) is 18.8 Å². The fourth-order valence-corrected chi connectivity index (χ4v) is 5.98. The molecule has 246 valence electrons. The number of halogens is 1. The number of carbonyl (C=O) groups is 2. The van der Waals surface area contributed by atoms with E-state index in [0.29, 0.717) is 92.9 Å². The number of ether oxygens (including phenoxy) is 2. The molecule has 4 aromatic rings. The number of fused-ring (bicyclic) bond motifs is 1. The molecule has 0 bridgehead atoms. The zero-order valence-corrected chi connectivity index (χ0v) is 26.5. The van der Waals surface area contributed by atoms with Gasteiger partial charge in [-0.2, -0.15) is 0 Å². The van der Waals surface area contributed by atoms with Crippen molar-refractivity contribution in [2.45, 2.75) is 13.0 Å². The summed E-state index contributed by atoms with van der Waals surface area (Å²) in [6.07, 6.45) is 0. The Kier molecular flexibility index (Phi) is 9.64. The minimum atomic E-state index is -0.734. The number of nitrogens with zero attached hydrogens (tertiary/aromatic N) is 6. The standard InChI is InChI=1S/C34H38FN7O5/c1-24(41(27-11-13-28(46-2)14-12-27)34(45)36-26-9-7-25(35)8-10-26)32-37-30-6-4-3-5-29(30)33(44)42(32)40-17-15-38(16-18-40)23-31(43)39-19-21-47-22-20-39/h3-14,24H,15-23H2,1-2H3,(H,36,45). The van der Waals surface area contributed by atoms with Crippen LogP contribution in [-0.4, -0.2) is 97.5 Å². The summed E-state index contributed by atoms with van der Waals surface area (Å²) >= 11 is 0. The molecule has 3 aromatic carbocycles. The number of carbonyl (C=O) groups excluding carboxylic acids is 2. The number of urea groups is 1. The van der Waals surface area contributed by atoms with E-state index in [2.05, 4.69) is 10.2 Å². The number of aromatic nitrogens is 2. The minimum Gasteiger partial charge on any atom is -0.497 e. The van der Waals surface area contributed by atoms with Gasteiger partial charge >= 0.3 is 6.03 Å². The first-order chi connectivity index (χ1) is 22.8. The largest absolute Gasteiger partial charge is 0.497 e. The van der Waals surface area contributed by atoms with Gasteiger partial charge in [-0.05, 0) is 67.6 Å². The molecule has 2 aliphatic rings. The molecular weight excluding hydrogens is 605 g/mol. The predicted octanol–water partition coefficient (Wildman–Crippen LogP) is 3.46. The van der Waals surface area contributed by atoms with Crippen LogP contribution in [-0.2, 0) is 9.53 Å². The molecule has 0 aliphatic carbocycles. The first-order valence-electron chi connectivity index (χ1n) is 15.7. The van der Waals surface area contributed by atoms with Crippen molar-refractivity contribution in [3.63, 3.8) is 0 Å². The second-order valence-electron chi connectivity index (χ2n) is 11.5. The van der Waals surface area contributed by atoms with Crippen LogP contribution < -0.4 is 25.5 Å². The second-order valence-corrected chi connectivity index (χ2v) is 11.5. The Bertz CT molecular complexity index is 1770. The van der Waals surface area contributed by atoms with Crippen molar-refractivity contribution in [1.82, 2.24) is 19.5 Å². The van der Waals surface area contributed by atoms with E-state index in [1.165, 1.54) is 29.2 Å². The third kappa shape index (κ3) is 7.05. The molecule has 1 unspecified atom stereocenters. The SMILES string of the molecule is COc1ccc(N(C(=O)Nc2ccc(F)cc2)C(C)c2nc3ccccc3c(=O)n2N2CCN(CC(=O)N3CCOCC3)CC2)cc1. The summed E-state index contributed by atoms with van der Waals surface area (Å²) in [7, 11) is 1.56. The predicted molar refractivity (Wildman–Crippen MR) is 177 cm³/mol. The quantitative estimate of drug-likeness (QED) is 0.311. The van der Waals surface area contributed by atoms with Gasteiger partial charge in [0.2, 0.25) is 5.91 Å². The molecule has 12 nitrogen and oxygen atoms in total. The summed E-state index contributed by atoms with van der Waals surface area (Å²) in [4.78, 5) is 51.5. The summed E-state index contributed by atoms with van der Waals surface area (Å²) in [5, 5.41) is 5.26. The number of methoxy groups -OCH3 is 1. The van der Waals surface area contributed by atoms with Crippen molar-refractivity contribution in [3.8, 4) is 5.75 Å². The molecular formula is C34H38FN7O5. The smallest absolute Gasteiger partial charge is 0.326 e. The third-order valence-corrected chi connectivity index (χ3v) is 8.56. The topological polar surface area (TPSA) is 112 Å². The van der Waals surface area contributed by atoms with E-state index in [1.54, 1.807) is 54.3 Å². The van der Waals surface area contributed by atoms with Crippen molar-refractivity contribution in [1.29, 1.82) is 0 Å². The molecule has 0 saturated carbocycles. The van der Waals surface area contributed by atoms with E-state index in [1.807, 2.05) is 22.9 Å². The van der Waals surface area contributed by atoms with Crippen molar-refractivity contribution < 1.29 is 23.5 Å². The average Bonchev–Trinajstić information content (AvgIpc) is 3.10. The number of nitrogens with one attached hydrogen (secondary N) is 1. The lowest BCUT2D eigenvalue weighted by molar-refractivity contribution is -0.136. The zero-order chi connectivity index (χ0) is 32.9. The number of hydrogen-bond acceptors (Lipinski definition) is 8. The van der Waals surface area contributed by atoms with Crippen LogP contribution in [0.4, 0.5) is 20.6 Å². The second kappa shape index (κ2) is 14.2. The lowest BCUT2D eigenvalue weighted by atomic mass is 10.2. The van der Waals surface area contributed by atoms with Gasteiger partial charge in [-0.25, -0.2) is 18.8 Å². The van der Waals surface area contributed by atoms with Gasteiger partial charge in [0, 0.05) is 50.6 Å². The molecule has 2 saturated heterocycles. The maximum absolute atomic E-state index is 14.2. The van der Waals surface area contributed by atoms with Crippen molar-refractivity contribution in [2.75, 3.05) is 81.4 Å². The molecule has 2 aliphatic heterocycles. The molecule has 3 heterocycles. The minimum absolute atomic E-state index is 0.0721. The molecule has 6 rings (SSSR count). The molecule has 0 spiro atoms. The summed E-state index contributed by atoms with van der Waals surface area (Å²) < 4.78 is 25.9. The maximum Gasteiger partial charge on any atom is 0.326 e. The van der Waals surface area contributed by atoms with Crippen LogP contribution in [0.2, 0.25) is 0 Å². The van der Waals surface area contributed by atoms with Gasteiger partial charge in [-0.1, -0.05) is 12.1 Å². The van der Waals surface area contributed by atoms with E-state index in [0.717, 1.165) is 0 Å². The summed E-state index contributed by atoms with van der Waals surface area (Å²) in [6, 6.07) is 18.4. The van der Waals surface area contributed by atoms with Crippen LogP contribution in [0.5, 0.6) is 5.75 Å². The number of benzene rings is 3. The van der Waals surface area contributed by atoms with Gasteiger partial charge in [0.1, 0.15) is 11.6 Å². The highest BCUT2D eigenvalue weighted by Gasteiger charge is 2.31. The Morgan fingerprint density at radius 2 is 1.64 bits per heavy atom. The summed E-state index contributed by atoms with van der Waals surface area (Å²) in [5.41, 5.74) is 1.22. The lowest BCUT2D eigenvalue weighted by Crippen LogP contribution is -2.57. The molecule has 47 heavy (non-hydrogen) atoms. The number of anilines is 2. The van der Waals surface area contributed by atoms with E-state index >= 15 is 0 Å². The number of piperazine rings is 1. The molecule has 1 atom stereocenters. The van der Waals surface area contributed by atoms with Crippen LogP contribution in [0.3, 0.4) is 0 Å². The van der Waals surface area contributed by atoms with Crippen LogP contribution in [0.15, 0.2) is 77.6 Å². The van der Waals surface area contributed by atoms with E-state index in [4.69, 9.17) is 14.5 Å². The lowest BCUT2D eigenvalue weighted by Gasteiger charge is -2.39. The molecule has 13 heteroatoms. The fraction of sp³-hybridized carbons (Fsp3) is 0.353. The van der Waals surface area contributed by atoms with E-state index in [9.17, 15) is 18.8 Å².